The summed E-state index contributed by atoms with van der Waals surface area (Å²) in [5.74, 6) is 0.0124. The van der Waals surface area contributed by atoms with Gasteiger partial charge in [-0.2, -0.15) is 5.10 Å². The highest BCUT2D eigenvalue weighted by molar-refractivity contribution is 8.00. The minimum absolute atomic E-state index is 0.0107. The van der Waals surface area contributed by atoms with E-state index in [4.69, 9.17) is 0 Å². The number of aryl methyl sites for hydroxylation is 2. The highest BCUT2D eigenvalue weighted by atomic mass is 32.2. The van der Waals surface area contributed by atoms with Crippen LogP contribution in [0.15, 0.2) is 52.5 Å². The smallest absolute Gasteiger partial charge is 0.270 e. The third-order valence-corrected chi connectivity index (χ3v) is 4.49. The Labute approximate surface area is 144 Å². The minimum atomic E-state index is -0.464. The van der Waals surface area contributed by atoms with Gasteiger partial charge >= 0.3 is 0 Å². The molecule has 0 aliphatic heterocycles. The number of hydrogen-bond acceptors (Lipinski definition) is 5. The van der Waals surface area contributed by atoms with E-state index in [1.807, 2.05) is 38.1 Å². The number of thioether (sulfide) groups is 1. The third kappa shape index (κ3) is 4.92. The summed E-state index contributed by atoms with van der Waals surface area (Å²) in [5.41, 5.74) is 4.98. The molecule has 0 aliphatic rings. The molecule has 2 rings (SSSR count). The van der Waals surface area contributed by atoms with Gasteiger partial charge in [-0.25, -0.2) is 5.43 Å². The number of non-ortho nitro benzene ring substituents is 1. The molecule has 6 nitrogen and oxygen atoms in total. The van der Waals surface area contributed by atoms with E-state index in [-0.39, 0.29) is 17.3 Å². The van der Waals surface area contributed by atoms with E-state index in [1.54, 1.807) is 6.07 Å². The third-order valence-electron chi connectivity index (χ3n) is 3.32. The Kier molecular flexibility index (Phi) is 6.08. The number of carbonyl (C=O) groups is 1. The molecule has 7 heteroatoms. The molecule has 0 aliphatic carbocycles. The molecular weight excluding hydrogens is 326 g/mol. The lowest BCUT2D eigenvalue weighted by molar-refractivity contribution is -0.384. The molecule has 124 valence electrons. The second-order valence-electron chi connectivity index (χ2n) is 5.15. The van der Waals surface area contributed by atoms with E-state index in [0.717, 1.165) is 16.0 Å². The van der Waals surface area contributed by atoms with Gasteiger partial charge in [0.25, 0.3) is 5.69 Å². The van der Waals surface area contributed by atoms with Crippen molar-refractivity contribution in [1.29, 1.82) is 0 Å². The number of nitro benzene ring substituents is 1. The number of hydrogen-bond donors (Lipinski definition) is 1. The zero-order chi connectivity index (χ0) is 17.5. The van der Waals surface area contributed by atoms with Gasteiger partial charge in [-0.05, 0) is 31.0 Å². The molecule has 0 spiro atoms. The lowest BCUT2D eigenvalue weighted by Crippen LogP contribution is -2.19. The van der Waals surface area contributed by atoms with Gasteiger partial charge in [-0.15, -0.1) is 11.8 Å². The standard InChI is InChI=1S/C17H17N3O3S/c1-12-7-8-15(20(22)23)9-14(12)10-18-19-17(21)11-24-16-6-4-3-5-13(16)2/h3-10H,11H2,1-2H3,(H,19,21)/b18-10-. The number of benzene rings is 2. The molecule has 0 unspecified atom stereocenters. The molecule has 0 bridgehead atoms. The Morgan fingerprint density at radius 2 is 2.00 bits per heavy atom. The van der Waals surface area contributed by atoms with E-state index in [0.29, 0.717) is 5.56 Å². The number of nitrogens with one attached hydrogen (secondary N) is 1. The van der Waals surface area contributed by atoms with Crippen molar-refractivity contribution >= 4 is 29.6 Å². The van der Waals surface area contributed by atoms with E-state index in [1.165, 1.54) is 30.1 Å². The van der Waals surface area contributed by atoms with Crippen LogP contribution >= 0.6 is 11.8 Å². The Morgan fingerprint density at radius 3 is 2.71 bits per heavy atom. The van der Waals surface area contributed by atoms with Crippen LogP contribution in [0.5, 0.6) is 0 Å². The zero-order valence-electron chi connectivity index (χ0n) is 13.4. The first-order valence-corrected chi connectivity index (χ1v) is 8.21. The molecule has 24 heavy (non-hydrogen) atoms. The van der Waals surface area contributed by atoms with Gasteiger partial charge < -0.3 is 0 Å². The molecule has 0 saturated heterocycles. The van der Waals surface area contributed by atoms with Crippen LogP contribution in [0.2, 0.25) is 0 Å². The Bertz CT molecular complexity index is 790. The number of carbonyl (C=O) groups excluding carboxylic acids is 1. The lowest BCUT2D eigenvalue weighted by atomic mass is 10.1. The average molecular weight is 343 g/mol. The molecular formula is C17H17N3O3S. The predicted molar refractivity (Wildman–Crippen MR) is 95.5 cm³/mol. The number of amides is 1. The van der Waals surface area contributed by atoms with Crippen molar-refractivity contribution in [3.8, 4) is 0 Å². The van der Waals surface area contributed by atoms with Gasteiger partial charge in [0.2, 0.25) is 5.91 Å². The fraction of sp³-hybridized carbons (Fsp3) is 0.176. The van der Waals surface area contributed by atoms with Crippen molar-refractivity contribution in [2.45, 2.75) is 18.7 Å². The van der Waals surface area contributed by atoms with Gasteiger partial charge in [0, 0.05) is 22.6 Å². The van der Waals surface area contributed by atoms with E-state index in [2.05, 4.69) is 10.5 Å². The quantitative estimate of drug-likeness (QED) is 0.377. The molecule has 0 heterocycles. The van der Waals surface area contributed by atoms with E-state index < -0.39 is 4.92 Å². The zero-order valence-corrected chi connectivity index (χ0v) is 14.2. The number of hydrazone groups is 1. The molecule has 2 aromatic rings. The van der Waals surface area contributed by atoms with Gasteiger partial charge in [-0.3, -0.25) is 14.9 Å². The van der Waals surface area contributed by atoms with Crippen LogP contribution in [0.4, 0.5) is 5.69 Å². The molecule has 0 radical (unpaired) electrons. The number of nitro groups is 1. The largest absolute Gasteiger partial charge is 0.272 e. The summed E-state index contributed by atoms with van der Waals surface area (Å²) < 4.78 is 0. The van der Waals surface area contributed by atoms with Crippen molar-refractivity contribution in [2.24, 2.45) is 5.10 Å². The Morgan fingerprint density at radius 1 is 1.25 bits per heavy atom. The van der Waals surface area contributed by atoms with Gasteiger partial charge in [0.05, 0.1) is 16.9 Å². The van der Waals surface area contributed by atoms with Gasteiger partial charge in [0.1, 0.15) is 0 Å². The summed E-state index contributed by atoms with van der Waals surface area (Å²) in [5, 5.41) is 14.7. The van der Waals surface area contributed by atoms with E-state index >= 15 is 0 Å². The maximum absolute atomic E-state index is 11.8. The van der Waals surface area contributed by atoms with Crippen molar-refractivity contribution in [2.75, 3.05) is 5.75 Å². The van der Waals surface area contributed by atoms with Gasteiger partial charge in [-0.1, -0.05) is 24.3 Å². The lowest BCUT2D eigenvalue weighted by Gasteiger charge is -2.04. The fourth-order valence-electron chi connectivity index (χ4n) is 1.95. The molecule has 0 fully saturated rings. The second-order valence-corrected chi connectivity index (χ2v) is 6.16. The first kappa shape index (κ1) is 17.7. The first-order chi connectivity index (χ1) is 11.5. The maximum atomic E-state index is 11.8. The predicted octanol–water partition coefficient (Wildman–Crippen LogP) is 3.45. The molecule has 2 aromatic carbocycles. The van der Waals surface area contributed by atoms with E-state index in [9.17, 15) is 14.9 Å². The van der Waals surface area contributed by atoms with Crippen LogP contribution in [0.1, 0.15) is 16.7 Å². The Hall–Kier alpha value is -2.67. The summed E-state index contributed by atoms with van der Waals surface area (Å²) in [4.78, 5) is 23.2. The number of nitrogens with zero attached hydrogens (tertiary/aromatic N) is 2. The van der Waals surface area contributed by atoms with Crippen LogP contribution in [-0.2, 0) is 4.79 Å². The highest BCUT2D eigenvalue weighted by Crippen LogP contribution is 2.21. The van der Waals surface area contributed by atoms with Crippen molar-refractivity contribution in [1.82, 2.24) is 5.43 Å². The van der Waals surface area contributed by atoms with Crippen LogP contribution in [0.3, 0.4) is 0 Å². The summed E-state index contributed by atoms with van der Waals surface area (Å²) >= 11 is 1.44. The van der Waals surface area contributed by atoms with Crippen molar-refractivity contribution < 1.29 is 9.72 Å². The van der Waals surface area contributed by atoms with Crippen LogP contribution in [0, 0.1) is 24.0 Å². The topological polar surface area (TPSA) is 84.6 Å². The second kappa shape index (κ2) is 8.26. The Balaban J connectivity index is 1.92. The molecule has 1 N–H and O–H groups in total. The summed E-state index contributed by atoms with van der Waals surface area (Å²) in [7, 11) is 0. The summed E-state index contributed by atoms with van der Waals surface area (Å²) in [6, 6.07) is 12.3. The highest BCUT2D eigenvalue weighted by Gasteiger charge is 2.07. The normalized spacial score (nSPS) is 10.8. The molecule has 0 aromatic heterocycles. The van der Waals surface area contributed by atoms with Crippen LogP contribution < -0.4 is 5.43 Å². The monoisotopic (exact) mass is 343 g/mol. The number of rotatable bonds is 6. The SMILES string of the molecule is Cc1ccc([N+](=O)[O-])cc1/C=N\NC(=O)CSc1ccccc1C. The maximum Gasteiger partial charge on any atom is 0.270 e. The van der Waals surface area contributed by atoms with Crippen LogP contribution in [0.25, 0.3) is 0 Å². The summed E-state index contributed by atoms with van der Waals surface area (Å²) in [6.07, 6.45) is 1.42. The molecule has 1 amide bonds. The molecule has 0 saturated carbocycles. The van der Waals surface area contributed by atoms with Crippen molar-refractivity contribution in [3.63, 3.8) is 0 Å². The fourth-order valence-corrected chi connectivity index (χ4v) is 2.77. The molecule has 0 atom stereocenters. The minimum Gasteiger partial charge on any atom is -0.272 e. The summed E-state index contributed by atoms with van der Waals surface area (Å²) in [6.45, 7) is 3.81. The first-order valence-electron chi connectivity index (χ1n) is 7.23. The van der Waals surface area contributed by atoms with Gasteiger partial charge in [0.15, 0.2) is 0 Å². The van der Waals surface area contributed by atoms with Crippen molar-refractivity contribution in [3.05, 3.63) is 69.3 Å². The average Bonchev–Trinajstić information content (AvgIpc) is 2.55. The van der Waals surface area contributed by atoms with Crippen LogP contribution in [-0.4, -0.2) is 22.8 Å².